The molecule has 32 heavy (non-hydrogen) atoms. The predicted molar refractivity (Wildman–Crippen MR) is 121 cm³/mol. The number of pyridine rings is 1. The van der Waals surface area contributed by atoms with Gasteiger partial charge in [0, 0.05) is 10.9 Å². The Morgan fingerprint density at radius 3 is 2.44 bits per heavy atom. The summed E-state index contributed by atoms with van der Waals surface area (Å²) in [6, 6.07) is 14.2. The molecule has 2 aliphatic rings. The number of benzene rings is 2. The molecule has 1 N–H and O–H groups in total. The highest BCUT2D eigenvalue weighted by atomic mass is 16.4. The zero-order valence-electron chi connectivity index (χ0n) is 18.0. The van der Waals surface area contributed by atoms with Crippen molar-refractivity contribution in [3.63, 3.8) is 0 Å². The number of imide groups is 1. The minimum absolute atomic E-state index is 0.105. The van der Waals surface area contributed by atoms with Gasteiger partial charge in [-0.05, 0) is 62.4 Å². The third-order valence-corrected chi connectivity index (χ3v) is 6.80. The summed E-state index contributed by atoms with van der Waals surface area (Å²) in [6.45, 7) is 4.05. The lowest BCUT2D eigenvalue weighted by Crippen LogP contribution is -2.30. The van der Waals surface area contributed by atoms with Crippen LogP contribution in [0, 0.1) is 24.7 Å². The number of aryl methyl sites for hydroxylation is 1. The fourth-order valence-corrected chi connectivity index (χ4v) is 5.09. The summed E-state index contributed by atoms with van der Waals surface area (Å²) in [5.74, 6) is -1.18. The third-order valence-electron chi connectivity index (χ3n) is 6.80. The van der Waals surface area contributed by atoms with Crippen molar-refractivity contribution in [3.8, 4) is 11.3 Å². The van der Waals surface area contributed by atoms with Crippen LogP contribution in [0.15, 0.2) is 48.5 Å². The van der Waals surface area contributed by atoms with Gasteiger partial charge in [-0.1, -0.05) is 30.7 Å². The molecule has 6 nitrogen and oxygen atoms in total. The molecule has 3 aromatic rings. The van der Waals surface area contributed by atoms with E-state index in [0.717, 1.165) is 30.4 Å². The Morgan fingerprint density at radius 2 is 1.72 bits per heavy atom. The monoisotopic (exact) mass is 428 g/mol. The first-order chi connectivity index (χ1) is 15.3. The van der Waals surface area contributed by atoms with Crippen molar-refractivity contribution in [2.75, 3.05) is 4.90 Å². The second-order valence-electron chi connectivity index (χ2n) is 9.07. The van der Waals surface area contributed by atoms with Gasteiger partial charge in [0.2, 0.25) is 11.8 Å². The quantitative estimate of drug-likeness (QED) is 0.604. The van der Waals surface area contributed by atoms with Crippen molar-refractivity contribution in [3.05, 3.63) is 59.7 Å². The van der Waals surface area contributed by atoms with Crippen LogP contribution in [0.5, 0.6) is 0 Å². The van der Waals surface area contributed by atoms with E-state index < -0.39 is 5.97 Å². The topological polar surface area (TPSA) is 87.6 Å². The highest BCUT2D eigenvalue weighted by Crippen LogP contribution is 2.42. The van der Waals surface area contributed by atoms with Crippen molar-refractivity contribution >= 4 is 34.4 Å². The van der Waals surface area contributed by atoms with Gasteiger partial charge in [0.15, 0.2) is 0 Å². The van der Waals surface area contributed by atoms with Crippen molar-refractivity contribution in [2.24, 2.45) is 17.8 Å². The van der Waals surface area contributed by atoms with Gasteiger partial charge in [-0.15, -0.1) is 0 Å². The molecule has 0 unspecified atom stereocenters. The molecular weight excluding hydrogens is 404 g/mol. The maximum Gasteiger partial charge on any atom is 0.336 e. The SMILES string of the molecule is Cc1ccc2nc(-c3ccc(N4C(=O)[C@H]5C[C@H](C)CC[C@H]5C4=O)cc3)cc(C(=O)O)c2c1. The predicted octanol–water partition coefficient (Wildman–Crippen LogP) is 4.83. The number of aromatic carboxylic acids is 1. The molecule has 3 atom stereocenters. The maximum atomic E-state index is 13.0. The van der Waals surface area contributed by atoms with E-state index in [1.807, 2.05) is 25.1 Å². The Balaban J connectivity index is 1.50. The largest absolute Gasteiger partial charge is 0.478 e. The number of nitrogens with zero attached hydrogens (tertiary/aromatic N) is 2. The molecule has 6 heteroatoms. The van der Waals surface area contributed by atoms with Crippen LogP contribution < -0.4 is 4.90 Å². The minimum atomic E-state index is -1.01. The number of fused-ring (bicyclic) bond motifs is 2. The van der Waals surface area contributed by atoms with E-state index in [2.05, 4.69) is 11.9 Å². The van der Waals surface area contributed by atoms with Crippen molar-refractivity contribution < 1.29 is 19.5 Å². The molecule has 2 heterocycles. The molecule has 0 bridgehead atoms. The Bertz CT molecular complexity index is 1260. The zero-order chi connectivity index (χ0) is 22.6. The van der Waals surface area contributed by atoms with Crippen molar-refractivity contribution in [1.29, 1.82) is 0 Å². The molecule has 2 aromatic carbocycles. The number of anilines is 1. The van der Waals surface area contributed by atoms with Crippen LogP contribution in [0.1, 0.15) is 42.1 Å². The summed E-state index contributed by atoms with van der Waals surface area (Å²) >= 11 is 0. The van der Waals surface area contributed by atoms with E-state index in [1.54, 1.807) is 30.3 Å². The van der Waals surface area contributed by atoms with Crippen LogP contribution in [-0.4, -0.2) is 27.9 Å². The second kappa shape index (κ2) is 7.55. The lowest BCUT2D eigenvalue weighted by Gasteiger charge is -2.25. The number of aromatic nitrogens is 1. The number of hydrogen-bond acceptors (Lipinski definition) is 4. The van der Waals surface area contributed by atoms with Gasteiger partial charge >= 0.3 is 5.97 Å². The Kier molecular flexibility index (Phi) is 4.81. The van der Waals surface area contributed by atoms with E-state index in [9.17, 15) is 19.5 Å². The molecule has 1 aliphatic heterocycles. The number of amides is 2. The molecule has 0 spiro atoms. The van der Waals surface area contributed by atoms with Crippen LogP contribution in [0.25, 0.3) is 22.2 Å². The normalized spacial score (nSPS) is 22.9. The number of carbonyl (C=O) groups is 3. The molecule has 1 saturated carbocycles. The Morgan fingerprint density at radius 1 is 1.00 bits per heavy atom. The van der Waals surface area contributed by atoms with Gasteiger partial charge in [-0.25, -0.2) is 9.78 Å². The van der Waals surface area contributed by atoms with E-state index in [1.165, 1.54) is 4.90 Å². The molecule has 2 fully saturated rings. The molecule has 5 rings (SSSR count). The van der Waals surface area contributed by atoms with Crippen LogP contribution in [0.4, 0.5) is 5.69 Å². The average molecular weight is 428 g/mol. The number of carboxylic acids is 1. The van der Waals surface area contributed by atoms with E-state index >= 15 is 0 Å². The number of carboxylic acid groups (broad SMARTS) is 1. The van der Waals surface area contributed by atoms with E-state index in [4.69, 9.17) is 0 Å². The Hall–Kier alpha value is -3.54. The lowest BCUT2D eigenvalue weighted by atomic mass is 9.76. The highest BCUT2D eigenvalue weighted by Gasteiger charge is 2.49. The van der Waals surface area contributed by atoms with Gasteiger partial charge in [0.05, 0.1) is 34.3 Å². The summed E-state index contributed by atoms with van der Waals surface area (Å²) in [5.41, 5.74) is 3.59. The lowest BCUT2D eigenvalue weighted by molar-refractivity contribution is -0.122. The van der Waals surface area contributed by atoms with Crippen LogP contribution >= 0.6 is 0 Å². The van der Waals surface area contributed by atoms with Gasteiger partial charge < -0.3 is 5.11 Å². The highest BCUT2D eigenvalue weighted by molar-refractivity contribution is 6.22. The molecule has 0 radical (unpaired) electrons. The first-order valence-corrected chi connectivity index (χ1v) is 11.0. The van der Waals surface area contributed by atoms with Gasteiger partial charge in [-0.2, -0.15) is 0 Å². The van der Waals surface area contributed by atoms with Crippen LogP contribution in [-0.2, 0) is 9.59 Å². The molecule has 1 aromatic heterocycles. The number of hydrogen-bond donors (Lipinski definition) is 1. The van der Waals surface area contributed by atoms with Gasteiger partial charge in [0.25, 0.3) is 0 Å². The summed E-state index contributed by atoms with van der Waals surface area (Å²) in [6.07, 6.45) is 2.51. The molecule has 162 valence electrons. The fourth-order valence-electron chi connectivity index (χ4n) is 5.09. The summed E-state index contributed by atoms with van der Waals surface area (Å²) in [5, 5.41) is 10.3. The van der Waals surface area contributed by atoms with Gasteiger partial charge in [-0.3, -0.25) is 14.5 Å². The fraction of sp³-hybridized carbons (Fsp3) is 0.308. The third kappa shape index (κ3) is 3.27. The summed E-state index contributed by atoms with van der Waals surface area (Å²) in [4.78, 5) is 43.7. The van der Waals surface area contributed by atoms with Crippen molar-refractivity contribution in [2.45, 2.75) is 33.1 Å². The summed E-state index contributed by atoms with van der Waals surface area (Å²) < 4.78 is 0. The first kappa shape index (κ1) is 20.4. The maximum absolute atomic E-state index is 13.0. The Labute approximate surface area is 185 Å². The molecular formula is C26H24N2O4. The molecule has 1 saturated heterocycles. The smallest absolute Gasteiger partial charge is 0.336 e. The molecule has 2 amide bonds. The second-order valence-corrected chi connectivity index (χ2v) is 9.07. The van der Waals surface area contributed by atoms with Crippen LogP contribution in [0.3, 0.4) is 0 Å². The minimum Gasteiger partial charge on any atom is -0.478 e. The summed E-state index contributed by atoms with van der Waals surface area (Å²) in [7, 11) is 0. The van der Waals surface area contributed by atoms with Crippen molar-refractivity contribution in [1.82, 2.24) is 4.98 Å². The zero-order valence-corrected chi connectivity index (χ0v) is 18.0. The van der Waals surface area contributed by atoms with E-state index in [0.29, 0.717) is 28.2 Å². The standard InChI is InChI=1S/C26H24N2O4/c1-14-3-9-18-20(12-14)25(30)28(24(18)29)17-7-5-16(6-8-17)23-13-21(26(31)32)19-11-15(2)4-10-22(19)27-23/h4-8,10-11,13-14,18,20H,3,9,12H2,1-2H3,(H,31,32)/t14-,18-,20+/m1/s1. The average Bonchev–Trinajstić information content (AvgIpc) is 3.02. The first-order valence-electron chi connectivity index (χ1n) is 11.0. The number of carbonyl (C=O) groups excluding carboxylic acids is 2. The van der Waals surface area contributed by atoms with Crippen LogP contribution in [0.2, 0.25) is 0 Å². The van der Waals surface area contributed by atoms with Gasteiger partial charge in [0.1, 0.15) is 0 Å². The molecule has 1 aliphatic carbocycles. The number of rotatable bonds is 3. The van der Waals surface area contributed by atoms with E-state index in [-0.39, 0.29) is 29.2 Å².